The topological polar surface area (TPSA) is 20.3 Å². The van der Waals surface area contributed by atoms with Crippen molar-refractivity contribution in [1.29, 1.82) is 0 Å². The first-order valence-electron chi connectivity index (χ1n) is 5.31. The van der Waals surface area contributed by atoms with Crippen molar-refractivity contribution in [3.05, 3.63) is 0 Å². The van der Waals surface area contributed by atoms with Crippen LogP contribution in [0.2, 0.25) is 0 Å². The van der Waals surface area contributed by atoms with Crippen molar-refractivity contribution in [2.75, 3.05) is 13.6 Å². The summed E-state index contributed by atoms with van der Waals surface area (Å²) in [5.41, 5.74) is 0. The molecule has 13 heavy (non-hydrogen) atoms. The quantitative estimate of drug-likeness (QED) is 0.623. The lowest BCUT2D eigenvalue weighted by atomic mass is 10.1. The molecule has 0 aliphatic heterocycles. The van der Waals surface area contributed by atoms with E-state index in [0.717, 1.165) is 25.8 Å². The summed E-state index contributed by atoms with van der Waals surface area (Å²) in [6.07, 6.45) is 3.99. The molecule has 0 aliphatic carbocycles. The molecule has 0 atom stereocenters. The van der Waals surface area contributed by atoms with Gasteiger partial charge in [-0.15, -0.1) is 0 Å². The number of amides is 1. The van der Waals surface area contributed by atoms with Gasteiger partial charge < -0.3 is 4.90 Å². The first-order chi connectivity index (χ1) is 6.07. The molecule has 0 aromatic carbocycles. The molecule has 0 aliphatic rings. The first kappa shape index (κ1) is 12.5. The fourth-order valence-electron chi connectivity index (χ4n) is 1.12. The monoisotopic (exact) mass is 185 g/mol. The molecular formula is C11H23NO. The zero-order chi connectivity index (χ0) is 10.3. The normalized spacial score (nSPS) is 10.5. The number of carbonyl (C=O) groups excluding carboxylic acids is 1. The van der Waals surface area contributed by atoms with Crippen molar-refractivity contribution in [2.45, 2.75) is 46.5 Å². The highest BCUT2D eigenvalue weighted by Crippen LogP contribution is 2.05. The second kappa shape index (κ2) is 6.93. The summed E-state index contributed by atoms with van der Waals surface area (Å²) in [4.78, 5) is 13.3. The Morgan fingerprint density at radius 2 is 2.00 bits per heavy atom. The molecule has 0 aromatic heterocycles. The van der Waals surface area contributed by atoms with E-state index in [-0.39, 0.29) is 0 Å². The molecule has 0 saturated carbocycles. The van der Waals surface area contributed by atoms with Gasteiger partial charge in [-0.2, -0.15) is 0 Å². The van der Waals surface area contributed by atoms with Crippen LogP contribution in [0, 0.1) is 5.92 Å². The first-order valence-corrected chi connectivity index (χ1v) is 5.31. The molecule has 0 saturated heterocycles. The Kier molecular flexibility index (Phi) is 6.65. The Bertz CT molecular complexity index is 143. The number of rotatable bonds is 6. The number of hydrogen-bond donors (Lipinski definition) is 0. The van der Waals surface area contributed by atoms with Gasteiger partial charge in [0.05, 0.1) is 0 Å². The van der Waals surface area contributed by atoms with E-state index >= 15 is 0 Å². The Morgan fingerprint density at radius 1 is 1.38 bits per heavy atom. The van der Waals surface area contributed by atoms with Crippen molar-refractivity contribution in [3.8, 4) is 0 Å². The van der Waals surface area contributed by atoms with Gasteiger partial charge in [0, 0.05) is 20.0 Å². The highest BCUT2D eigenvalue weighted by Gasteiger charge is 2.07. The Morgan fingerprint density at radius 3 is 2.46 bits per heavy atom. The summed E-state index contributed by atoms with van der Waals surface area (Å²) in [6.45, 7) is 7.36. The van der Waals surface area contributed by atoms with E-state index in [9.17, 15) is 4.79 Å². The van der Waals surface area contributed by atoms with Crippen LogP contribution in [-0.2, 0) is 4.79 Å². The molecule has 0 radical (unpaired) electrons. The molecule has 2 nitrogen and oxygen atoms in total. The molecule has 0 bridgehead atoms. The molecule has 0 unspecified atom stereocenters. The van der Waals surface area contributed by atoms with Gasteiger partial charge in [-0.3, -0.25) is 4.79 Å². The van der Waals surface area contributed by atoms with E-state index < -0.39 is 0 Å². The third-order valence-electron chi connectivity index (χ3n) is 2.21. The Balaban J connectivity index is 3.57. The number of hydrogen-bond acceptors (Lipinski definition) is 1. The second-order valence-electron chi connectivity index (χ2n) is 4.10. The minimum absolute atomic E-state index is 0.294. The molecule has 78 valence electrons. The third-order valence-corrected chi connectivity index (χ3v) is 2.21. The van der Waals surface area contributed by atoms with Crippen LogP contribution in [0.15, 0.2) is 0 Å². The van der Waals surface area contributed by atoms with Gasteiger partial charge in [0.1, 0.15) is 0 Å². The third kappa shape index (κ3) is 6.62. The minimum Gasteiger partial charge on any atom is -0.346 e. The zero-order valence-electron chi connectivity index (χ0n) is 9.47. The summed E-state index contributed by atoms with van der Waals surface area (Å²) < 4.78 is 0. The maximum Gasteiger partial charge on any atom is 0.222 e. The van der Waals surface area contributed by atoms with E-state index in [1.54, 1.807) is 0 Å². The van der Waals surface area contributed by atoms with Crippen LogP contribution in [0.4, 0.5) is 0 Å². The van der Waals surface area contributed by atoms with Gasteiger partial charge in [-0.25, -0.2) is 0 Å². The van der Waals surface area contributed by atoms with Gasteiger partial charge >= 0.3 is 0 Å². The van der Waals surface area contributed by atoms with Gasteiger partial charge in [0.25, 0.3) is 0 Å². The minimum atomic E-state index is 0.294. The number of unbranched alkanes of at least 4 members (excludes halogenated alkanes) is 1. The van der Waals surface area contributed by atoms with Crippen molar-refractivity contribution in [3.63, 3.8) is 0 Å². The van der Waals surface area contributed by atoms with Crippen molar-refractivity contribution >= 4 is 5.91 Å². The standard InChI is InChI=1S/C11H23NO/c1-5-6-9-12(4)11(13)8-7-10(2)3/h10H,5-9H2,1-4H3. The van der Waals surface area contributed by atoms with E-state index in [4.69, 9.17) is 0 Å². The fourth-order valence-corrected chi connectivity index (χ4v) is 1.12. The number of nitrogens with zero attached hydrogens (tertiary/aromatic N) is 1. The second-order valence-corrected chi connectivity index (χ2v) is 4.10. The smallest absolute Gasteiger partial charge is 0.222 e. The molecule has 2 heteroatoms. The predicted molar refractivity (Wildman–Crippen MR) is 56.6 cm³/mol. The molecule has 0 N–H and O–H groups in total. The summed E-state index contributed by atoms with van der Waals surface area (Å²) in [5, 5.41) is 0. The molecule has 1 amide bonds. The van der Waals surface area contributed by atoms with Crippen molar-refractivity contribution in [2.24, 2.45) is 5.92 Å². The average Bonchev–Trinajstić information content (AvgIpc) is 2.10. The van der Waals surface area contributed by atoms with E-state index in [1.807, 2.05) is 11.9 Å². The summed E-state index contributed by atoms with van der Waals surface area (Å²) in [7, 11) is 1.90. The molecule has 0 aromatic rings. The highest BCUT2D eigenvalue weighted by molar-refractivity contribution is 5.75. The van der Waals surface area contributed by atoms with E-state index in [2.05, 4.69) is 20.8 Å². The van der Waals surface area contributed by atoms with Gasteiger partial charge in [0.2, 0.25) is 5.91 Å². The summed E-state index contributed by atoms with van der Waals surface area (Å²) in [6, 6.07) is 0. The fraction of sp³-hybridized carbons (Fsp3) is 0.909. The van der Waals surface area contributed by atoms with Crippen molar-refractivity contribution in [1.82, 2.24) is 4.90 Å². The maximum absolute atomic E-state index is 11.5. The lowest BCUT2D eigenvalue weighted by Gasteiger charge is -2.17. The van der Waals surface area contributed by atoms with E-state index in [0.29, 0.717) is 18.2 Å². The molecule has 0 fully saturated rings. The lowest BCUT2D eigenvalue weighted by Crippen LogP contribution is -2.27. The van der Waals surface area contributed by atoms with Gasteiger partial charge in [-0.05, 0) is 18.8 Å². The van der Waals surface area contributed by atoms with Crippen molar-refractivity contribution < 1.29 is 4.79 Å². The Hall–Kier alpha value is -0.530. The lowest BCUT2D eigenvalue weighted by molar-refractivity contribution is -0.130. The van der Waals surface area contributed by atoms with Crippen LogP contribution >= 0.6 is 0 Å². The maximum atomic E-state index is 11.5. The SMILES string of the molecule is CCCCN(C)C(=O)CCC(C)C. The largest absolute Gasteiger partial charge is 0.346 e. The van der Waals surface area contributed by atoms with Crippen LogP contribution in [0.25, 0.3) is 0 Å². The van der Waals surface area contributed by atoms with E-state index in [1.165, 1.54) is 0 Å². The number of carbonyl (C=O) groups is 1. The van der Waals surface area contributed by atoms with Crippen LogP contribution in [0.1, 0.15) is 46.5 Å². The van der Waals surface area contributed by atoms with Crippen LogP contribution in [0.3, 0.4) is 0 Å². The van der Waals surface area contributed by atoms with Crippen LogP contribution < -0.4 is 0 Å². The average molecular weight is 185 g/mol. The molecule has 0 spiro atoms. The summed E-state index contributed by atoms with van der Waals surface area (Å²) >= 11 is 0. The predicted octanol–water partition coefficient (Wildman–Crippen LogP) is 2.68. The zero-order valence-corrected chi connectivity index (χ0v) is 9.47. The van der Waals surface area contributed by atoms with Crippen LogP contribution in [0.5, 0.6) is 0 Å². The highest BCUT2D eigenvalue weighted by atomic mass is 16.2. The molecule has 0 heterocycles. The Labute approximate surface area is 82.3 Å². The molecular weight excluding hydrogens is 162 g/mol. The van der Waals surface area contributed by atoms with Gasteiger partial charge in [-0.1, -0.05) is 27.2 Å². The molecule has 0 rings (SSSR count). The van der Waals surface area contributed by atoms with Crippen LogP contribution in [-0.4, -0.2) is 24.4 Å². The summed E-state index contributed by atoms with van der Waals surface area (Å²) in [5.74, 6) is 0.922. The van der Waals surface area contributed by atoms with Gasteiger partial charge in [0.15, 0.2) is 0 Å².